The van der Waals surface area contributed by atoms with Gasteiger partial charge in [-0.1, -0.05) is 127 Å². The number of quaternary nitrogens is 1. The van der Waals surface area contributed by atoms with Crippen molar-refractivity contribution >= 4 is 29.2 Å². The summed E-state index contributed by atoms with van der Waals surface area (Å²) in [6.07, 6.45) is 28.0. The van der Waals surface area contributed by atoms with E-state index in [1.165, 1.54) is 128 Å². The monoisotopic (exact) mass is 446 g/mol. The topological polar surface area (TPSA) is 39.7 Å². The number of unbranched alkanes of at least 4 members (excludes halogenated alkanes) is 18. The molecule has 176 valence electrons. The third kappa shape index (κ3) is 35.8. The van der Waals surface area contributed by atoms with E-state index < -0.39 is 0 Å². The maximum atomic E-state index is 4.77. The van der Waals surface area contributed by atoms with E-state index in [0.29, 0.717) is 4.32 Å². The lowest BCUT2D eigenvalue weighted by Gasteiger charge is -2.08. The number of nitrogens with one attached hydrogen (secondary N) is 1. The lowest BCUT2D eigenvalue weighted by atomic mass is 10.1. The van der Waals surface area contributed by atoms with Gasteiger partial charge >= 0.3 is 0 Å². The van der Waals surface area contributed by atoms with Gasteiger partial charge in [-0.25, -0.2) is 0 Å². The fourth-order valence-corrected chi connectivity index (χ4v) is 3.67. The smallest absolute Gasteiger partial charge is 0.0739 e. The van der Waals surface area contributed by atoms with Crippen molar-refractivity contribution < 1.29 is 5.73 Å². The van der Waals surface area contributed by atoms with Crippen molar-refractivity contribution in [2.45, 2.75) is 142 Å². The summed E-state index contributed by atoms with van der Waals surface area (Å²) in [6, 6.07) is 0. The molecular formula is C25H54N2S2. The van der Waals surface area contributed by atoms with E-state index in [1.807, 2.05) is 0 Å². The van der Waals surface area contributed by atoms with Crippen LogP contribution in [0.1, 0.15) is 142 Å². The second-order valence-electron chi connectivity index (χ2n) is 8.43. The molecule has 0 amide bonds. The Labute approximate surface area is 195 Å². The maximum absolute atomic E-state index is 4.77. The Bertz CT molecular complexity index is 289. The molecule has 0 aliphatic heterocycles. The lowest BCUT2D eigenvalue weighted by Crippen LogP contribution is -2.50. The van der Waals surface area contributed by atoms with Gasteiger partial charge < -0.3 is 35.9 Å². The van der Waals surface area contributed by atoms with Gasteiger partial charge in [-0.2, -0.15) is 0 Å². The average molecular weight is 447 g/mol. The van der Waals surface area contributed by atoms with Crippen LogP contribution in [0.2, 0.25) is 0 Å². The second-order valence-corrected chi connectivity index (χ2v) is 9.51. The highest BCUT2D eigenvalue weighted by Gasteiger charge is 1.93. The van der Waals surface area contributed by atoms with E-state index in [9.17, 15) is 0 Å². The van der Waals surface area contributed by atoms with Crippen molar-refractivity contribution in [1.29, 1.82) is 0 Å². The molecule has 0 aromatic heterocycles. The Morgan fingerprint density at radius 3 is 1.21 bits per heavy atom. The molecule has 4 N–H and O–H groups in total. The standard InChI is InChI=1S/C13H27NS2.C12H27N/c1-2-3-4-5-6-7-8-9-10-11-12-14-13(15)16;1-2-3-4-5-6-7-8-9-10-11-12-13/h2-12H2,1H3,(H2,14,15,16);2-13H2,1H3. The molecule has 0 fully saturated rings. The molecule has 0 aromatic carbocycles. The predicted octanol–water partition coefficient (Wildman–Crippen LogP) is 7.48. The SMILES string of the molecule is CCCCCCCCCCCCNC(=S)[S-].CCCCCCCCCCCC[NH3+]. The first-order chi connectivity index (χ1) is 14.2. The molecule has 4 heteroatoms. The van der Waals surface area contributed by atoms with Gasteiger partial charge in [0.2, 0.25) is 0 Å². The number of rotatable bonds is 21. The Hall–Kier alpha value is 0.0700. The normalized spacial score (nSPS) is 10.4. The van der Waals surface area contributed by atoms with Crippen LogP contribution < -0.4 is 11.1 Å². The number of hydrogen-bond acceptors (Lipinski definition) is 2. The minimum atomic E-state index is 0.510. The van der Waals surface area contributed by atoms with Gasteiger partial charge in [0.05, 0.1) is 6.54 Å². The highest BCUT2D eigenvalue weighted by Crippen LogP contribution is 2.11. The van der Waals surface area contributed by atoms with E-state index in [4.69, 9.17) is 24.8 Å². The van der Waals surface area contributed by atoms with Gasteiger partial charge in [-0.3, -0.25) is 0 Å². The molecule has 0 aromatic rings. The molecule has 0 atom stereocenters. The summed E-state index contributed by atoms with van der Waals surface area (Å²) in [5.41, 5.74) is 3.85. The highest BCUT2D eigenvalue weighted by molar-refractivity contribution is 8.00. The first-order valence-corrected chi connectivity index (χ1v) is 13.7. The van der Waals surface area contributed by atoms with Crippen molar-refractivity contribution in [3.05, 3.63) is 0 Å². The van der Waals surface area contributed by atoms with Gasteiger partial charge in [0.15, 0.2) is 0 Å². The zero-order chi connectivity index (χ0) is 21.8. The van der Waals surface area contributed by atoms with Gasteiger partial charge in [-0.15, -0.1) is 0 Å². The second kappa shape index (κ2) is 30.3. The van der Waals surface area contributed by atoms with Crippen LogP contribution in [0.4, 0.5) is 0 Å². The fourth-order valence-electron chi connectivity index (χ4n) is 3.47. The van der Waals surface area contributed by atoms with Crippen LogP contribution in [0.3, 0.4) is 0 Å². The summed E-state index contributed by atoms with van der Waals surface area (Å²) in [6.45, 7) is 6.62. The summed E-state index contributed by atoms with van der Waals surface area (Å²) in [7, 11) is 0. The van der Waals surface area contributed by atoms with Crippen LogP contribution in [0.5, 0.6) is 0 Å². The number of hydrogen-bond donors (Lipinski definition) is 2. The summed E-state index contributed by atoms with van der Waals surface area (Å²) in [4.78, 5) is 0. The molecule has 0 heterocycles. The van der Waals surface area contributed by atoms with Crippen LogP contribution in [0.15, 0.2) is 0 Å². The number of thiocarbonyl (C=S) groups is 1. The first-order valence-electron chi connectivity index (χ1n) is 12.9. The van der Waals surface area contributed by atoms with Crippen LogP contribution >= 0.6 is 12.2 Å². The van der Waals surface area contributed by atoms with Crippen LogP contribution in [0.25, 0.3) is 0 Å². The quantitative estimate of drug-likeness (QED) is 0.109. The Morgan fingerprint density at radius 2 is 0.897 bits per heavy atom. The molecule has 0 rings (SSSR count). The van der Waals surface area contributed by atoms with Crippen LogP contribution in [-0.4, -0.2) is 17.4 Å². The van der Waals surface area contributed by atoms with Gasteiger partial charge in [0.25, 0.3) is 0 Å². The summed E-state index contributed by atoms with van der Waals surface area (Å²) in [5, 5.41) is 3.02. The molecule has 2 nitrogen and oxygen atoms in total. The van der Waals surface area contributed by atoms with E-state index in [0.717, 1.165) is 13.1 Å². The molecule has 0 aliphatic rings. The Kier molecular flexibility index (Phi) is 32.6. The third-order valence-corrected chi connectivity index (χ3v) is 5.69. The third-order valence-electron chi connectivity index (χ3n) is 5.40. The molecule has 29 heavy (non-hydrogen) atoms. The van der Waals surface area contributed by atoms with E-state index in [-0.39, 0.29) is 0 Å². The van der Waals surface area contributed by atoms with E-state index in [2.05, 4.69) is 24.9 Å². The zero-order valence-electron chi connectivity index (χ0n) is 20.1. The molecular weight excluding hydrogens is 392 g/mol. The first kappa shape index (κ1) is 31.3. The minimum absolute atomic E-state index is 0.510. The van der Waals surface area contributed by atoms with E-state index in [1.54, 1.807) is 0 Å². The van der Waals surface area contributed by atoms with Gasteiger partial charge in [-0.05, 0) is 19.3 Å². The van der Waals surface area contributed by atoms with Crippen molar-refractivity contribution in [1.82, 2.24) is 5.32 Å². The Morgan fingerprint density at radius 1 is 0.586 bits per heavy atom. The molecule has 0 saturated heterocycles. The summed E-state index contributed by atoms with van der Waals surface area (Å²) in [5.74, 6) is 0. The Balaban J connectivity index is 0. The average Bonchev–Trinajstić information content (AvgIpc) is 2.71. The molecule has 0 saturated carbocycles. The zero-order valence-corrected chi connectivity index (χ0v) is 21.7. The van der Waals surface area contributed by atoms with Crippen molar-refractivity contribution in [2.24, 2.45) is 0 Å². The van der Waals surface area contributed by atoms with Crippen LogP contribution in [-0.2, 0) is 12.6 Å². The molecule has 0 aliphatic carbocycles. The molecule has 0 radical (unpaired) electrons. The maximum Gasteiger partial charge on any atom is 0.0739 e. The predicted molar refractivity (Wildman–Crippen MR) is 139 cm³/mol. The van der Waals surface area contributed by atoms with E-state index >= 15 is 0 Å². The van der Waals surface area contributed by atoms with Crippen molar-refractivity contribution in [3.8, 4) is 0 Å². The van der Waals surface area contributed by atoms with Crippen LogP contribution in [0, 0.1) is 0 Å². The minimum Gasteiger partial charge on any atom is -0.412 e. The fraction of sp³-hybridized carbons (Fsp3) is 0.960. The van der Waals surface area contributed by atoms with Crippen molar-refractivity contribution in [3.63, 3.8) is 0 Å². The molecule has 0 unspecified atom stereocenters. The lowest BCUT2D eigenvalue weighted by molar-refractivity contribution is -0.368. The van der Waals surface area contributed by atoms with Gasteiger partial charge in [0, 0.05) is 6.54 Å². The molecule has 0 bridgehead atoms. The highest BCUT2D eigenvalue weighted by atomic mass is 32.1. The molecule has 0 spiro atoms. The van der Waals surface area contributed by atoms with Crippen molar-refractivity contribution in [2.75, 3.05) is 13.1 Å². The van der Waals surface area contributed by atoms with Gasteiger partial charge in [0.1, 0.15) is 0 Å². The summed E-state index contributed by atoms with van der Waals surface area (Å²) < 4.78 is 0.510. The largest absolute Gasteiger partial charge is 0.412 e. The summed E-state index contributed by atoms with van der Waals surface area (Å²) >= 11 is 9.54.